The number of rotatable bonds is 3. The lowest BCUT2D eigenvalue weighted by molar-refractivity contribution is -0.135. The third kappa shape index (κ3) is 2.52. The summed E-state index contributed by atoms with van der Waals surface area (Å²) >= 11 is 5.58. The number of carbonyl (C=O) groups excluding carboxylic acids is 1. The van der Waals surface area contributed by atoms with Gasteiger partial charge in [-0.15, -0.1) is 0 Å². The van der Waals surface area contributed by atoms with Gasteiger partial charge in [0.05, 0.1) is 5.56 Å². The normalized spacial score (nSPS) is 9.62. The van der Waals surface area contributed by atoms with Crippen LogP contribution in [0.2, 0.25) is 5.15 Å². The second-order valence-corrected chi connectivity index (χ2v) is 2.69. The first kappa shape index (κ1) is 9.67. The maximum absolute atomic E-state index is 11.2. The molecule has 1 aromatic heterocycles. The lowest BCUT2D eigenvalue weighted by Gasteiger charge is -1.98. The van der Waals surface area contributed by atoms with Crippen LogP contribution >= 0.6 is 11.6 Å². The Morgan fingerprint density at radius 3 is 2.77 bits per heavy atom. The number of pyridine rings is 1. The molecule has 68 valence electrons. The molecular formula is C8H6ClNO3. The number of aliphatic carboxylic acids is 1. The molecule has 0 radical (unpaired) electrons. The highest BCUT2D eigenvalue weighted by molar-refractivity contribution is 6.33. The van der Waals surface area contributed by atoms with Crippen LogP contribution in [0, 0.1) is 0 Å². The topological polar surface area (TPSA) is 67.3 Å². The molecule has 1 aromatic rings. The Balaban J connectivity index is 2.89. The molecule has 0 saturated carbocycles. The van der Waals surface area contributed by atoms with E-state index in [0.717, 1.165) is 0 Å². The van der Waals surface area contributed by atoms with Gasteiger partial charge >= 0.3 is 5.97 Å². The van der Waals surface area contributed by atoms with Crippen molar-refractivity contribution in [2.45, 2.75) is 6.42 Å². The van der Waals surface area contributed by atoms with Crippen LogP contribution in [-0.2, 0) is 4.79 Å². The van der Waals surface area contributed by atoms with Crippen LogP contribution in [0.25, 0.3) is 0 Å². The SMILES string of the molecule is O=C(O)CC(=O)c1cccnc1Cl. The maximum Gasteiger partial charge on any atom is 0.311 e. The minimum atomic E-state index is -1.18. The van der Waals surface area contributed by atoms with Gasteiger partial charge in [-0.25, -0.2) is 4.98 Å². The number of carbonyl (C=O) groups is 2. The minimum Gasteiger partial charge on any atom is -0.481 e. The molecule has 0 aliphatic heterocycles. The second kappa shape index (κ2) is 4.00. The van der Waals surface area contributed by atoms with Gasteiger partial charge in [-0.05, 0) is 12.1 Å². The van der Waals surface area contributed by atoms with Gasteiger partial charge in [0.15, 0.2) is 5.78 Å². The summed E-state index contributed by atoms with van der Waals surface area (Å²) in [5, 5.41) is 8.39. The van der Waals surface area contributed by atoms with Crippen molar-refractivity contribution < 1.29 is 14.7 Å². The van der Waals surface area contributed by atoms with Crippen molar-refractivity contribution in [3.63, 3.8) is 0 Å². The van der Waals surface area contributed by atoms with Gasteiger partial charge in [-0.1, -0.05) is 11.6 Å². The summed E-state index contributed by atoms with van der Waals surface area (Å²) in [5.41, 5.74) is 0.145. The number of carboxylic acid groups (broad SMARTS) is 1. The van der Waals surface area contributed by atoms with E-state index >= 15 is 0 Å². The average Bonchev–Trinajstić information content (AvgIpc) is 2.03. The fourth-order valence-corrected chi connectivity index (χ4v) is 1.05. The molecule has 0 unspecified atom stereocenters. The van der Waals surface area contributed by atoms with Crippen molar-refractivity contribution in [2.75, 3.05) is 0 Å². The quantitative estimate of drug-likeness (QED) is 0.454. The van der Waals surface area contributed by atoms with E-state index in [-0.39, 0.29) is 10.7 Å². The summed E-state index contributed by atoms with van der Waals surface area (Å²) < 4.78 is 0. The van der Waals surface area contributed by atoms with E-state index in [1.54, 1.807) is 0 Å². The van der Waals surface area contributed by atoms with E-state index in [1.165, 1.54) is 18.3 Å². The molecule has 0 amide bonds. The standard InChI is InChI=1S/C8H6ClNO3/c9-8-5(2-1-3-10-8)6(11)4-7(12)13/h1-3H,4H2,(H,12,13). The Morgan fingerprint density at radius 1 is 1.54 bits per heavy atom. The largest absolute Gasteiger partial charge is 0.481 e. The van der Waals surface area contributed by atoms with E-state index in [9.17, 15) is 9.59 Å². The predicted molar refractivity (Wildman–Crippen MR) is 45.8 cm³/mol. The van der Waals surface area contributed by atoms with E-state index < -0.39 is 18.2 Å². The molecule has 0 aliphatic carbocycles. The van der Waals surface area contributed by atoms with Crippen molar-refractivity contribution in [2.24, 2.45) is 0 Å². The highest BCUT2D eigenvalue weighted by Gasteiger charge is 2.13. The van der Waals surface area contributed by atoms with Crippen LogP contribution in [0.3, 0.4) is 0 Å². The molecule has 1 rings (SSSR count). The van der Waals surface area contributed by atoms with Gasteiger partial charge < -0.3 is 5.11 Å². The summed E-state index contributed by atoms with van der Waals surface area (Å²) in [6, 6.07) is 2.97. The molecule has 13 heavy (non-hydrogen) atoms. The number of hydrogen-bond acceptors (Lipinski definition) is 3. The zero-order chi connectivity index (χ0) is 9.84. The van der Waals surface area contributed by atoms with Crippen LogP contribution < -0.4 is 0 Å². The van der Waals surface area contributed by atoms with E-state index in [1.807, 2.05) is 0 Å². The monoisotopic (exact) mass is 199 g/mol. The molecule has 0 spiro atoms. The molecule has 1 N–H and O–H groups in total. The van der Waals surface area contributed by atoms with Crippen molar-refractivity contribution in [1.82, 2.24) is 4.98 Å². The summed E-state index contributed by atoms with van der Waals surface area (Å²) in [6.07, 6.45) is 0.866. The number of aromatic nitrogens is 1. The first-order valence-electron chi connectivity index (χ1n) is 3.47. The molecule has 1 heterocycles. The summed E-state index contributed by atoms with van der Waals surface area (Å²) in [5.74, 6) is -1.71. The fourth-order valence-electron chi connectivity index (χ4n) is 0.827. The Bertz CT molecular complexity index is 351. The van der Waals surface area contributed by atoms with Crippen LogP contribution in [0.4, 0.5) is 0 Å². The average molecular weight is 200 g/mol. The van der Waals surface area contributed by atoms with Crippen LogP contribution in [-0.4, -0.2) is 21.8 Å². The predicted octanol–water partition coefficient (Wildman–Crippen LogP) is 1.39. The molecule has 0 atom stereocenters. The van der Waals surface area contributed by atoms with Gasteiger partial charge in [-0.2, -0.15) is 0 Å². The summed E-state index contributed by atoms with van der Waals surface area (Å²) in [7, 11) is 0. The third-order valence-corrected chi connectivity index (χ3v) is 1.67. The van der Waals surface area contributed by atoms with Crippen LogP contribution in [0.5, 0.6) is 0 Å². The van der Waals surface area contributed by atoms with Gasteiger partial charge in [0.2, 0.25) is 0 Å². The Hall–Kier alpha value is -1.42. The number of nitrogens with zero attached hydrogens (tertiary/aromatic N) is 1. The number of carboxylic acids is 1. The van der Waals surface area contributed by atoms with Gasteiger partial charge in [0, 0.05) is 6.20 Å². The van der Waals surface area contributed by atoms with E-state index in [0.29, 0.717) is 0 Å². The molecule has 0 fully saturated rings. The molecule has 0 bridgehead atoms. The Labute approximate surface area is 79.2 Å². The zero-order valence-corrected chi connectivity index (χ0v) is 7.28. The highest BCUT2D eigenvalue weighted by atomic mass is 35.5. The van der Waals surface area contributed by atoms with E-state index in [4.69, 9.17) is 16.7 Å². The van der Waals surface area contributed by atoms with Gasteiger partial charge in [0.1, 0.15) is 11.6 Å². The number of Topliss-reactive ketones (excluding diaryl/α,β-unsaturated/α-hetero) is 1. The molecule has 4 nitrogen and oxygen atoms in total. The molecule has 0 aromatic carbocycles. The minimum absolute atomic E-state index is 0.0359. The van der Waals surface area contributed by atoms with Crippen molar-refractivity contribution >= 4 is 23.4 Å². The lowest BCUT2D eigenvalue weighted by Crippen LogP contribution is -2.07. The highest BCUT2D eigenvalue weighted by Crippen LogP contribution is 2.13. The number of halogens is 1. The summed E-state index contributed by atoms with van der Waals surface area (Å²) in [6.45, 7) is 0. The van der Waals surface area contributed by atoms with Crippen LogP contribution in [0.1, 0.15) is 16.8 Å². The smallest absolute Gasteiger partial charge is 0.311 e. The third-order valence-electron chi connectivity index (χ3n) is 1.37. The first-order chi connectivity index (χ1) is 6.11. The molecule has 5 heteroatoms. The van der Waals surface area contributed by atoms with Gasteiger partial charge in [-0.3, -0.25) is 9.59 Å². The van der Waals surface area contributed by atoms with Gasteiger partial charge in [0.25, 0.3) is 0 Å². The zero-order valence-electron chi connectivity index (χ0n) is 6.53. The molecular weight excluding hydrogens is 194 g/mol. The van der Waals surface area contributed by atoms with Crippen molar-refractivity contribution in [1.29, 1.82) is 0 Å². The molecule has 0 saturated heterocycles. The summed E-state index contributed by atoms with van der Waals surface area (Å²) in [4.78, 5) is 25.0. The van der Waals surface area contributed by atoms with Crippen LogP contribution in [0.15, 0.2) is 18.3 Å². The maximum atomic E-state index is 11.2. The number of hydrogen-bond donors (Lipinski definition) is 1. The second-order valence-electron chi connectivity index (χ2n) is 2.34. The fraction of sp³-hybridized carbons (Fsp3) is 0.125. The Morgan fingerprint density at radius 2 is 2.23 bits per heavy atom. The van der Waals surface area contributed by atoms with Crippen molar-refractivity contribution in [3.05, 3.63) is 29.0 Å². The first-order valence-corrected chi connectivity index (χ1v) is 3.84. The van der Waals surface area contributed by atoms with Crippen molar-refractivity contribution in [3.8, 4) is 0 Å². The lowest BCUT2D eigenvalue weighted by atomic mass is 10.1. The van der Waals surface area contributed by atoms with E-state index in [2.05, 4.69) is 4.98 Å². The Kier molecular flexibility index (Phi) is 2.97. The molecule has 0 aliphatic rings. The number of ketones is 1.